The maximum absolute atomic E-state index is 12.8. The molecule has 32 heavy (non-hydrogen) atoms. The highest BCUT2D eigenvalue weighted by Crippen LogP contribution is 2.24. The summed E-state index contributed by atoms with van der Waals surface area (Å²) in [4.78, 5) is 12.8. The summed E-state index contributed by atoms with van der Waals surface area (Å²) in [5.74, 6) is 0.856. The molecule has 0 fully saturated rings. The van der Waals surface area contributed by atoms with Gasteiger partial charge in [-0.1, -0.05) is 59.6 Å². The van der Waals surface area contributed by atoms with Crippen molar-refractivity contribution < 1.29 is 9.53 Å². The third-order valence-electron chi connectivity index (χ3n) is 4.86. The van der Waals surface area contributed by atoms with E-state index in [0.29, 0.717) is 40.3 Å². The highest BCUT2D eigenvalue weighted by molar-refractivity contribution is 6.32. The molecule has 5 nitrogen and oxygen atoms in total. The molecule has 1 heterocycles. The van der Waals surface area contributed by atoms with Gasteiger partial charge in [-0.3, -0.25) is 9.48 Å². The molecule has 1 aromatic heterocycles. The number of benzene rings is 3. The largest absolute Gasteiger partial charge is 0.487 e. The Balaban J connectivity index is 1.42. The first-order valence-electron chi connectivity index (χ1n) is 10.0. The van der Waals surface area contributed by atoms with Crippen molar-refractivity contribution in [3.05, 3.63) is 111 Å². The van der Waals surface area contributed by atoms with Crippen molar-refractivity contribution in [2.24, 2.45) is 0 Å². The molecule has 0 spiro atoms. The highest BCUT2D eigenvalue weighted by atomic mass is 35.5. The molecular formula is C25H21Cl2N3O2. The number of rotatable bonds is 7. The van der Waals surface area contributed by atoms with E-state index in [4.69, 9.17) is 27.9 Å². The van der Waals surface area contributed by atoms with Gasteiger partial charge in [0.05, 0.1) is 11.6 Å². The van der Waals surface area contributed by atoms with Crippen LogP contribution in [0.25, 0.3) is 0 Å². The molecule has 4 aromatic rings. The third kappa shape index (κ3) is 5.49. The highest BCUT2D eigenvalue weighted by Gasteiger charge is 2.12. The number of amides is 1. The van der Waals surface area contributed by atoms with E-state index in [2.05, 4.69) is 10.4 Å². The molecule has 1 N–H and O–H groups in total. The summed E-state index contributed by atoms with van der Waals surface area (Å²) in [6.45, 7) is 2.81. The smallest absolute Gasteiger partial charge is 0.256 e. The lowest BCUT2D eigenvalue weighted by atomic mass is 10.1. The summed E-state index contributed by atoms with van der Waals surface area (Å²) in [5.41, 5.74) is 3.35. The van der Waals surface area contributed by atoms with Crippen LogP contribution in [0.4, 0.5) is 5.82 Å². The molecule has 0 unspecified atom stereocenters. The Labute approximate surface area is 196 Å². The Morgan fingerprint density at radius 1 is 0.969 bits per heavy atom. The van der Waals surface area contributed by atoms with Crippen molar-refractivity contribution in [1.82, 2.24) is 9.78 Å². The molecule has 0 saturated carbocycles. The number of para-hydroxylation sites is 1. The molecule has 0 aliphatic heterocycles. The predicted octanol–water partition coefficient (Wildman–Crippen LogP) is 6.38. The third-order valence-corrected chi connectivity index (χ3v) is 5.41. The van der Waals surface area contributed by atoms with Gasteiger partial charge < -0.3 is 10.1 Å². The van der Waals surface area contributed by atoms with E-state index in [-0.39, 0.29) is 5.91 Å². The summed E-state index contributed by atoms with van der Waals surface area (Å²) < 4.78 is 7.60. The Hall–Kier alpha value is -3.28. The molecule has 7 heteroatoms. The number of halogens is 2. The number of aryl methyl sites for hydroxylation is 1. The van der Waals surface area contributed by atoms with Crippen LogP contribution in [0.1, 0.15) is 27.2 Å². The molecule has 162 valence electrons. The Bertz CT molecular complexity index is 1250. The fourth-order valence-corrected chi connectivity index (χ4v) is 3.66. The number of nitrogens with one attached hydrogen (secondary N) is 1. The van der Waals surface area contributed by atoms with Crippen molar-refractivity contribution >= 4 is 34.9 Å². The zero-order chi connectivity index (χ0) is 22.5. The minimum atomic E-state index is -0.239. The van der Waals surface area contributed by atoms with Crippen LogP contribution >= 0.6 is 23.2 Å². The van der Waals surface area contributed by atoms with Crippen LogP contribution in [-0.2, 0) is 13.2 Å². The number of aromatic nitrogens is 2. The van der Waals surface area contributed by atoms with Gasteiger partial charge in [0.15, 0.2) is 5.82 Å². The number of hydrogen-bond acceptors (Lipinski definition) is 3. The minimum absolute atomic E-state index is 0.239. The Morgan fingerprint density at radius 3 is 2.56 bits per heavy atom. The molecule has 0 radical (unpaired) electrons. The van der Waals surface area contributed by atoms with Gasteiger partial charge in [0.1, 0.15) is 12.4 Å². The number of ether oxygens (including phenoxy) is 1. The second-order valence-electron chi connectivity index (χ2n) is 7.33. The van der Waals surface area contributed by atoms with E-state index in [1.807, 2.05) is 66.2 Å². The van der Waals surface area contributed by atoms with Gasteiger partial charge in [-0.15, -0.1) is 0 Å². The van der Waals surface area contributed by atoms with Crippen molar-refractivity contribution in [3.8, 4) is 5.75 Å². The standard InChI is InChI=1S/C25H21Cl2N3O2/c1-17-12-24(29-30(17)15-18-6-5-9-21(26)14-18)28-25(31)20-8-4-7-19(13-20)16-32-23-11-3-2-10-22(23)27/h2-14H,15-16H2,1H3,(H,28,29,31). The second kappa shape index (κ2) is 9.90. The van der Waals surface area contributed by atoms with Crippen LogP contribution in [0.3, 0.4) is 0 Å². The molecule has 0 saturated heterocycles. The first-order chi connectivity index (χ1) is 15.5. The van der Waals surface area contributed by atoms with Crippen LogP contribution in [0.15, 0.2) is 78.9 Å². The summed E-state index contributed by atoms with van der Waals surface area (Å²) in [5, 5.41) is 8.60. The molecule has 0 aliphatic carbocycles. The summed E-state index contributed by atoms with van der Waals surface area (Å²) in [6.07, 6.45) is 0. The summed E-state index contributed by atoms with van der Waals surface area (Å²) >= 11 is 12.2. The maximum atomic E-state index is 12.8. The first kappa shape index (κ1) is 21.9. The van der Waals surface area contributed by atoms with Gasteiger partial charge >= 0.3 is 0 Å². The number of anilines is 1. The number of hydrogen-bond donors (Lipinski definition) is 1. The molecule has 0 atom stereocenters. The van der Waals surface area contributed by atoms with Gasteiger partial charge in [-0.2, -0.15) is 5.10 Å². The number of nitrogens with zero attached hydrogens (tertiary/aromatic N) is 2. The van der Waals surface area contributed by atoms with Crippen LogP contribution < -0.4 is 10.1 Å². The van der Waals surface area contributed by atoms with Gasteiger partial charge in [0.2, 0.25) is 0 Å². The maximum Gasteiger partial charge on any atom is 0.256 e. The van der Waals surface area contributed by atoms with E-state index in [9.17, 15) is 4.79 Å². The molecule has 4 rings (SSSR count). The number of carbonyl (C=O) groups excluding carboxylic acids is 1. The van der Waals surface area contributed by atoms with Crippen molar-refractivity contribution in [3.63, 3.8) is 0 Å². The molecule has 1 amide bonds. The summed E-state index contributed by atoms with van der Waals surface area (Å²) in [6, 6.07) is 24.0. The monoisotopic (exact) mass is 465 g/mol. The van der Waals surface area contributed by atoms with E-state index < -0.39 is 0 Å². The van der Waals surface area contributed by atoms with Crippen molar-refractivity contribution in [2.45, 2.75) is 20.1 Å². The molecule has 0 bridgehead atoms. The normalized spacial score (nSPS) is 10.7. The zero-order valence-electron chi connectivity index (χ0n) is 17.4. The fraction of sp³-hybridized carbons (Fsp3) is 0.120. The van der Waals surface area contributed by atoms with Gasteiger partial charge in [0, 0.05) is 22.3 Å². The average Bonchev–Trinajstić information content (AvgIpc) is 3.12. The number of carbonyl (C=O) groups is 1. The fourth-order valence-electron chi connectivity index (χ4n) is 3.25. The predicted molar refractivity (Wildman–Crippen MR) is 128 cm³/mol. The quantitative estimate of drug-likeness (QED) is 0.344. The minimum Gasteiger partial charge on any atom is -0.487 e. The lowest BCUT2D eigenvalue weighted by Crippen LogP contribution is -2.13. The zero-order valence-corrected chi connectivity index (χ0v) is 18.9. The second-order valence-corrected chi connectivity index (χ2v) is 8.18. The van der Waals surface area contributed by atoms with E-state index in [0.717, 1.165) is 16.8 Å². The van der Waals surface area contributed by atoms with Crippen molar-refractivity contribution in [1.29, 1.82) is 0 Å². The first-order valence-corrected chi connectivity index (χ1v) is 10.8. The van der Waals surface area contributed by atoms with Crippen LogP contribution in [-0.4, -0.2) is 15.7 Å². The Kier molecular flexibility index (Phi) is 6.78. The van der Waals surface area contributed by atoms with Crippen LogP contribution in [0, 0.1) is 6.92 Å². The van der Waals surface area contributed by atoms with E-state index >= 15 is 0 Å². The van der Waals surface area contributed by atoms with E-state index in [1.54, 1.807) is 24.3 Å². The Morgan fingerprint density at radius 2 is 1.75 bits per heavy atom. The molecule has 3 aromatic carbocycles. The van der Waals surface area contributed by atoms with Gasteiger partial charge in [0.25, 0.3) is 5.91 Å². The average molecular weight is 466 g/mol. The van der Waals surface area contributed by atoms with E-state index in [1.165, 1.54) is 0 Å². The SMILES string of the molecule is Cc1cc(NC(=O)c2cccc(COc3ccccc3Cl)c2)nn1Cc1cccc(Cl)c1. The molecule has 0 aliphatic rings. The lowest BCUT2D eigenvalue weighted by Gasteiger charge is -2.09. The summed E-state index contributed by atoms with van der Waals surface area (Å²) in [7, 11) is 0. The van der Waals surface area contributed by atoms with Gasteiger partial charge in [-0.05, 0) is 54.4 Å². The van der Waals surface area contributed by atoms with Crippen molar-refractivity contribution in [2.75, 3.05) is 5.32 Å². The molecular weight excluding hydrogens is 445 g/mol. The van der Waals surface area contributed by atoms with Gasteiger partial charge in [-0.25, -0.2) is 0 Å². The van der Waals surface area contributed by atoms with Crippen LogP contribution in [0.2, 0.25) is 10.0 Å². The topological polar surface area (TPSA) is 56.1 Å². The van der Waals surface area contributed by atoms with Crippen LogP contribution in [0.5, 0.6) is 5.75 Å². The lowest BCUT2D eigenvalue weighted by molar-refractivity contribution is 0.102.